The Morgan fingerprint density at radius 3 is 2.88 bits per heavy atom. The quantitative estimate of drug-likeness (QED) is 0.855. The fourth-order valence-corrected chi connectivity index (χ4v) is 3.25. The number of hydrogen-bond acceptors (Lipinski definition) is 3. The molecule has 0 saturated carbocycles. The van der Waals surface area contributed by atoms with Gasteiger partial charge >= 0.3 is 0 Å². The summed E-state index contributed by atoms with van der Waals surface area (Å²) in [5.41, 5.74) is 1.24. The zero-order valence-electron chi connectivity index (χ0n) is 9.78. The molecule has 17 heavy (non-hydrogen) atoms. The highest BCUT2D eigenvalue weighted by Crippen LogP contribution is 2.29. The maximum absolute atomic E-state index is 5.13. The number of hydrogen-bond donors (Lipinski definition) is 1. The third kappa shape index (κ3) is 3.69. The van der Waals surface area contributed by atoms with E-state index in [1.165, 1.54) is 14.2 Å². The van der Waals surface area contributed by atoms with E-state index in [0.717, 1.165) is 19.4 Å². The summed E-state index contributed by atoms with van der Waals surface area (Å²) in [6, 6.07) is 6.70. The van der Waals surface area contributed by atoms with Crippen LogP contribution < -0.4 is 5.32 Å². The van der Waals surface area contributed by atoms with Crippen molar-refractivity contribution in [3.63, 3.8) is 0 Å². The minimum atomic E-state index is 0.379. The molecule has 2 aromatic heterocycles. The molecule has 0 fully saturated rings. The monoisotopic (exact) mass is 313 g/mol. The van der Waals surface area contributed by atoms with E-state index in [4.69, 9.17) is 4.42 Å². The summed E-state index contributed by atoms with van der Waals surface area (Å²) in [6.45, 7) is 3.23. The Labute approximate surface area is 114 Å². The fourth-order valence-electron chi connectivity index (χ4n) is 1.75. The third-order valence-corrected chi connectivity index (χ3v) is 4.34. The lowest BCUT2D eigenvalue weighted by Crippen LogP contribution is -2.23. The van der Waals surface area contributed by atoms with Crippen molar-refractivity contribution in [2.24, 2.45) is 0 Å². The smallest absolute Gasteiger partial charge is 0.0935 e. The van der Waals surface area contributed by atoms with Crippen molar-refractivity contribution < 1.29 is 4.42 Å². The Hall–Kier alpha value is -0.580. The molecular weight excluding hydrogens is 298 g/mol. The van der Waals surface area contributed by atoms with Crippen LogP contribution in [0.2, 0.25) is 0 Å². The first-order chi connectivity index (χ1) is 8.29. The van der Waals surface area contributed by atoms with E-state index in [0.29, 0.717) is 6.04 Å². The molecule has 0 spiro atoms. The second kappa shape index (κ2) is 6.38. The molecule has 1 unspecified atom stereocenters. The molecule has 0 aliphatic rings. The molecular formula is C13H16BrNOS. The van der Waals surface area contributed by atoms with Crippen LogP contribution in [0.3, 0.4) is 0 Å². The van der Waals surface area contributed by atoms with Crippen LogP contribution in [0.1, 0.15) is 29.8 Å². The van der Waals surface area contributed by atoms with E-state index in [9.17, 15) is 0 Å². The molecule has 1 atom stereocenters. The van der Waals surface area contributed by atoms with Crippen LogP contribution in [0, 0.1) is 0 Å². The summed E-state index contributed by atoms with van der Waals surface area (Å²) in [5.74, 6) is 0. The summed E-state index contributed by atoms with van der Waals surface area (Å²) >= 11 is 5.31. The van der Waals surface area contributed by atoms with Gasteiger partial charge in [0.15, 0.2) is 0 Å². The van der Waals surface area contributed by atoms with Gasteiger partial charge in [0.2, 0.25) is 0 Å². The lowest BCUT2D eigenvalue weighted by Gasteiger charge is -2.16. The first kappa shape index (κ1) is 12.9. The van der Waals surface area contributed by atoms with Crippen LogP contribution >= 0.6 is 27.3 Å². The molecule has 2 heterocycles. The summed E-state index contributed by atoms with van der Waals surface area (Å²) in [6.07, 6.45) is 5.68. The number of rotatable bonds is 6. The van der Waals surface area contributed by atoms with Crippen LogP contribution in [0.5, 0.6) is 0 Å². The normalized spacial score (nSPS) is 12.8. The molecule has 0 amide bonds. The van der Waals surface area contributed by atoms with E-state index in [-0.39, 0.29) is 0 Å². The Morgan fingerprint density at radius 1 is 1.41 bits per heavy atom. The van der Waals surface area contributed by atoms with Gasteiger partial charge < -0.3 is 9.73 Å². The molecule has 1 N–H and O–H groups in total. The van der Waals surface area contributed by atoms with E-state index < -0.39 is 0 Å². The van der Waals surface area contributed by atoms with Gasteiger partial charge in [0.25, 0.3) is 0 Å². The fraction of sp³-hybridized carbons (Fsp3) is 0.385. The number of halogens is 1. The first-order valence-electron chi connectivity index (χ1n) is 5.79. The van der Waals surface area contributed by atoms with Crippen LogP contribution in [0.25, 0.3) is 0 Å². The minimum Gasteiger partial charge on any atom is -0.472 e. The summed E-state index contributed by atoms with van der Waals surface area (Å²) in [4.78, 5) is 1.37. The van der Waals surface area contributed by atoms with Crippen LogP contribution in [-0.4, -0.2) is 6.54 Å². The van der Waals surface area contributed by atoms with Gasteiger partial charge in [0.1, 0.15) is 0 Å². The molecule has 0 aromatic carbocycles. The molecule has 0 aliphatic carbocycles. The van der Waals surface area contributed by atoms with Gasteiger partial charge in [-0.3, -0.25) is 0 Å². The van der Waals surface area contributed by atoms with Crippen molar-refractivity contribution in [2.45, 2.75) is 25.8 Å². The van der Waals surface area contributed by atoms with Crippen molar-refractivity contribution in [1.29, 1.82) is 0 Å². The molecule has 2 aromatic rings. The molecule has 0 saturated heterocycles. The van der Waals surface area contributed by atoms with Crippen molar-refractivity contribution in [3.8, 4) is 0 Å². The Kier molecular flexibility index (Phi) is 4.83. The standard InChI is InChI=1S/C13H16BrNOS/c1-2-6-15-11(8-10-5-7-16-9-10)12-3-4-13(14)17-12/h3-5,7,9,11,15H,2,6,8H2,1H3. The highest BCUT2D eigenvalue weighted by Gasteiger charge is 2.14. The Balaban J connectivity index is 2.07. The molecule has 2 rings (SSSR count). The lowest BCUT2D eigenvalue weighted by atomic mass is 10.1. The van der Waals surface area contributed by atoms with Crippen molar-refractivity contribution >= 4 is 27.3 Å². The molecule has 0 radical (unpaired) electrons. The zero-order valence-corrected chi connectivity index (χ0v) is 12.2. The average molecular weight is 314 g/mol. The van der Waals surface area contributed by atoms with Crippen molar-refractivity contribution in [1.82, 2.24) is 5.32 Å². The largest absolute Gasteiger partial charge is 0.472 e. The molecule has 0 aliphatic heterocycles. The van der Waals surface area contributed by atoms with Gasteiger partial charge in [0, 0.05) is 10.9 Å². The van der Waals surface area contributed by atoms with E-state index in [2.05, 4.69) is 40.3 Å². The van der Waals surface area contributed by atoms with Crippen LogP contribution in [-0.2, 0) is 6.42 Å². The molecule has 2 nitrogen and oxygen atoms in total. The number of nitrogens with one attached hydrogen (secondary N) is 1. The predicted octanol–water partition coefficient (Wildman–Crippen LogP) is 4.39. The van der Waals surface area contributed by atoms with Crippen molar-refractivity contribution in [3.05, 3.63) is 45.0 Å². The van der Waals surface area contributed by atoms with Gasteiger partial charge in [-0.15, -0.1) is 11.3 Å². The average Bonchev–Trinajstić information content (AvgIpc) is 2.95. The Bertz CT molecular complexity index is 438. The van der Waals surface area contributed by atoms with Crippen molar-refractivity contribution in [2.75, 3.05) is 6.54 Å². The minimum absolute atomic E-state index is 0.379. The van der Waals surface area contributed by atoms with E-state index >= 15 is 0 Å². The first-order valence-corrected chi connectivity index (χ1v) is 7.40. The third-order valence-electron chi connectivity index (χ3n) is 2.60. The SMILES string of the molecule is CCCNC(Cc1ccoc1)c1ccc(Br)s1. The maximum atomic E-state index is 5.13. The predicted molar refractivity (Wildman–Crippen MR) is 75.5 cm³/mol. The molecule has 92 valence electrons. The van der Waals surface area contributed by atoms with Crippen LogP contribution in [0.15, 0.2) is 38.9 Å². The maximum Gasteiger partial charge on any atom is 0.0935 e. The Morgan fingerprint density at radius 2 is 2.29 bits per heavy atom. The summed E-state index contributed by atoms with van der Waals surface area (Å²) in [5, 5.41) is 3.59. The second-order valence-corrected chi connectivity index (χ2v) is 6.48. The zero-order chi connectivity index (χ0) is 12.1. The highest BCUT2D eigenvalue weighted by molar-refractivity contribution is 9.11. The second-order valence-electron chi connectivity index (χ2n) is 3.98. The molecule has 0 bridgehead atoms. The molecule has 4 heteroatoms. The van der Waals surface area contributed by atoms with Gasteiger partial charge in [-0.05, 0) is 59.1 Å². The topological polar surface area (TPSA) is 25.2 Å². The summed E-state index contributed by atoms with van der Waals surface area (Å²) < 4.78 is 6.31. The number of furan rings is 1. The van der Waals surface area contributed by atoms with E-state index in [1.54, 1.807) is 17.6 Å². The number of thiophene rings is 1. The van der Waals surface area contributed by atoms with Gasteiger partial charge in [-0.25, -0.2) is 0 Å². The van der Waals surface area contributed by atoms with Gasteiger partial charge in [-0.2, -0.15) is 0 Å². The van der Waals surface area contributed by atoms with Crippen LogP contribution in [0.4, 0.5) is 0 Å². The van der Waals surface area contributed by atoms with E-state index in [1.807, 2.05) is 12.3 Å². The summed E-state index contributed by atoms with van der Waals surface area (Å²) in [7, 11) is 0. The van der Waals surface area contributed by atoms with Gasteiger partial charge in [-0.1, -0.05) is 6.92 Å². The highest BCUT2D eigenvalue weighted by atomic mass is 79.9. The van der Waals surface area contributed by atoms with Gasteiger partial charge in [0.05, 0.1) is 16.3 Å². The lowest BCUT2D eigenvalue weighted by molar-refractivity contribution is 0.526.